The third kappa shape index (κ3) is 2.44. The zero-order valence-electron chi connectivity index (χ0n) is 17.0. The molecule has 1 N–H and O–H groups in total. The molecule has 5 atom stereocenters. The van der Waals surface area contributed by atoms with Gasteiger partial charge in [-0.15, -0.1) is 0 Å². The van der Waals surface area contributed by atoms with Crippen LogP contribution in [0.1, 0.15) is 92.9 Å². The van der Waals surface area contributed by atoms with Crippen molar-refractivity contribution in [3.05, 3.63) is 11.6 Å². The van der Waals surface area contributed by atoms with Gasteiger partial charge in [0.25, 0.3) is 0 Å². The molecule has 24 heavy (non-hydrogen) atoms. The molecule has 0 aromatic carbocycles. The van der Waals surface area contributed by atoms with E-state index in [9.17, 15) is 5.11 Å². The van der Waals surface area contributed by atoms with Crippen LogP contribution < -0.4 is 0 Å². The van der Waals surface area contributed by atoms with Crippen molar-refractivity contribution in [1.29, 1.82) is 0 Å². The average molecular weight is 333 g/mol. The molecule has 1 nitrogen and oxygen atoms in total. The Balaban J connectivity index is 2.06. The number of aliphatic hydroxyl groups excluding tert-OH is 1. The minimum atomic E-state index is 0.175. The lowest BCUT2D eigenvalue weighted by molar-refractivity contribution is -0.0916. The van der Waals surface area contributed by atoms with Crippen molar-refractivity contribution in [2.75, 3.05) is 6.61 Å². The second-order valence-electron chi connectivity index (χ2n) is 10.7. The molecule has 0 aromatic heterocycles. The Morgan fingerprint density at radius 1 is 1.08 bits per heavy atom. The molecule has 2 fully saturated rings. The third-order valence-electron chi connectivity index (χ3n) is 9.05. The van der Waals surface area contributed by atoms with Gasteiger partial charge in [0, 0.05) is 12.0 Å². The SMILES string of the molecule is CCC[C@]1(C)[C@H](C)CC=C2[C@H]3CC(C)(C)CC[C@]3(CO)CC[C@]21C. The molecule has 3 aliphatic carbocycles. The first-order valence-corrected chi connectivity index (χ1v) is 10.5. The van der Waals surface area contributed by atoms with Crippen LogP contribution in [0.5, 0.6) is 0 Å². The first kappa shape index (κ1) is 18.5. The Labute approximate surface area is 150 Å². The van der Waals surface area contributed by atoms with Gasteiger partial charge in [0.2, 0.25) is 0 Å². The summed E-state index contributed by atoms with van der Waals surface area (Å²) in [7, 11) is 0. The molecule has 2 saturated carbocycles. The molecule has 138 valence electrons. The normalized spacial score (nSPS) is 47.5. The Morgan fingerprint density at radius 2 is 1.75 bits per heavy atom. The van der Waals surface area contributed by atoms with E-state index in [-0.39, 0.29) is 5.41 Å². The molecule has 0 heterocycles. The molecule has 3 aliphatic rings. The zero-order valence-corrected chi connectivity index (χ0v) is 17.0. The molecule has 0 saturated heterocycles. The van der Waals surface area contributed by atoms with E-state index in [2.05, 4.69) is 47.6 Å². The van der Waals surface area contributed by atoms with Gasteiger partial charge in [-0.3, -0.25) is 0 Å². The Kier molecular flexibility index (Phi) is 4.52. The first-order chi connectivity index (χ1) is 11.1. The fourth-order valence-corrected chi connectivity index (χ4v) is 6.80. The third-order valence-corrected chi connectivity index (χ3v) is 9.05. The number of aliphatic hydroxyl groups is 1. The highest BCUT2D eigenvalue weighted by Gasteiger charge is 2.60. The van der Waals surface area contributed by atoms with Crippen molar-refractivity contribution in [2.24, 2.45) is 33.5 Å². The quantitative estimate of drug-likeness (QED) is 0.596. The summed E-state index contributed by atoms with van der Waals surface area (Å²) < 4.78 is 0. The summed E-state index contributed by atoms with van der Waals surface area (Å²) >= 11 is 0. The standard InChI is InChI=1S/C23H40O/c1-7-10-21(5)17(2)8-9-18-19-15-20(3,4)11-13-23(19,16-24)14-12-22(18,21)6/h9,17,19,24H,7-8,10-16H2,1-6H3/t17-,19-,21-,22-,23-/m1/s1. The van der Waals surface area contributed by atoms with Gasteiger partial charge in [0.05, 0.1) is 0 Å². The Hall–Kier alpha value is -0.300. The van der Waals surface area contributed by atoms with Crippen molar-refractivity contribution in [3.63, 3.8) is 0 Å². The smallest absolute Gasteiger partial charge is 0.0493 e. The summed E-state index contributed by atoms with van der Waals surface area (Å²) in [5, 5.41) is 10.4. The Morgan fingerprint density at radius 3 is 2.38 bits per heavy atom. The lowest BCUT2D eigenvalue weighted by Crippen LogP contribution is -2.56. The molecule has 0 bridgehead atoms. The minimum Gasteiger partial charge on any atom is -0.396 e. The van der Waals surface area contributed by atoms with Crippen LogP contribution in [0, 0.1) is 33.5 Å². The molecule has 3 rings (SSSR count). The van der Waals surface area contributed by atoms with Crippen molar-refractivity contribution in [3.8, 4) is 0 Å². The van der Waals surface area contributed by atoms with E-state index in [0.29, 0.717) is 28.8 Å². The maximum Gasteiger partial charge on any atom is 0.0493 e. The van der Waals surface area contributed by atoms with Crippen LogP contribution in [0.15, 0.2) is 11.6 Å². The van der Waals surface area contributed by atoms with Crippen molar-refractivity contribution >= 4 is 0 Å². The lowest BCUT2D eigenvalue weighted by atomic mass is 9.40. The number of fused-ring (bicyclic) bond motifs is 3. The highest BCUT2D eigenvalue weighted by atomic mass is 16.3. The molecular formula is C23H40O. The van der Waals surface area contributed by atoms with E-state index < -0.39 is 0 Å². The van der Waals surface area contributed by atoms with Gasteiger partial charge in [0.1, 0.15) is 0 Å². The summed E-state index contributed by atoms with van der Waals surface area (Å²) in [6.07, 6.45) is 12.7. The van der Waals surface area contributed by atoms with Crippen LogP contribution in [0.4, 0.5) is 0 Å². The van der Waals surface area contributed by atoms with Gasteiger partial charge < -0.3 is 5.11 Å². The average Bonchev–Trinajstić information content (AvgIpc) is 2.52. The van der Waals surface area contributed by atoms with E-state index in [1.807, 2.05) is 0 Å². The number of hydrogen-bond acceptors (Lipinski definition) is 1. The van der Waals surface area contributed by atoms with E-state index in [1.165, 1.54) is 51.4 Å². The van der Waals surface area contributed by atoms with E-state index in [1.54, 1.807) is 5.57 Å². The summed E-state index contributed by atoms with van der Waals surface area (Å²) in [5.41, 5.74) is 3.08. The highest BCUT2D eigenvalue weighted by molar-refractivity contribution is 5.31. The monoisotopic (exact) mass is 332 g/mol. The molecular weight excluding hydrogens is 292 g/mol. The van der Waals surface area contributed by atoms with Crippen LogP contribution in [-0.4, -0.2) is 11.7 Å². The second-order valence-corrected chi connectivity index (χ2v) is 10.7. The molecule has 1 heteroatoms. The van der Waals surface area contributed by atoms with E-state index in [4.69, 9.17) is 0 Å². The fraction of sp³-hybridized carbons (Fsp3) is 0.913. The van der Waals surface area contributed by atoms with Gasteiger partial charge in [-0.25, -0.2) is 0 Å². The van der Waals surface area contributed by atoms with E-state index in [0.717, 1.165) is 5.92 Å². The van der Waals surface area contributed by atoms with Crippen molar-refractivity contribution < 1.29 is 5.11 Å². The Bertz CT molecular complexity index is 518. The fourth-order valence-electron chi connectivity index (χ4n) is 6.80. The summed E-state index contributed by atoms with van der Waals surface area (Å²) in [5.74, 6) is 1.37. The molecule has 0 spiro atoms. The largest absolute Gasteiger partial charge is 0.396 e. The topological polar surface area (TPSA) is 20.2 Å². The highest BCUT2D eigenvalue weighted by Crippen LogP contribution is 2.69. The van der Waals surface area contributed by atoms with Crippen molar-refractivity contribution in [2.45, 2.75) is 92.9 Å². The number of rotatable bonds is 3. The molecule has 0 radical (unpaired) electrons. The zero-order chi connectivity index (χ0) is 17.8. The van der Waals surface area contributed by atoms with Crippen molar-refractivity contribution in [1.82, 2.24) is 0 Å². The predicted molar refractivity (Wildman–Crippen MR) is 103 cm³/mol. The summed E-state index contributed by atoms with van der Waals surface area (Å²) in [6.45, 7) is 15.3. The predicted octanol–water partition coefficient (Wildman–Crippen LogP) is 6.36. The van der Waals surface area contributed by atoms with Crippen LogP contribution in [0.25, 0.3) is 0 Å². The van der Waals surface area contributed by atoms with Crippen LogP contribution in [-0.2, 0) is 0 Å². The van der Waals surface area contributed by atoms with Crippen LogP contribution >= 0.6 is 0 Å². The molecule has 0 aromatic rings. The van der Waals surface area contributed by atoms with Gasteiger partial charge in [0.15, 0.2) is 0 Å². The maximum absolute atomic E-state index is 10.4. The van der Waals surface area contributed by atoms with Gasteiger partial charge >= 0.3 is 0 Å². The molecule has 0 unspecified atom stereocenters. The maximum atomic E-state index is 10.4. The lowest BCUT2D eigenvalue weighted by Gasteiger charge is -2.64. The van der Waals surface area contributed by atoms with Crippen LogP contribution in [0.2, 0.25) is 0 Å². The van der Waals surface area contributed by atoms with E-state index >= 15 is 0 Å². The van der Waals surface area contributed by atoms with Gasteiger partial charge in [-0.2, -0.15) is 0 Å². The molecule has 0 aliphatic heterocycles. The summed E-state index contributed by atoms with van der Waals surface area (Å²) in [4.78, 5) is 0. The molecule has 0 amide bonds. The van der Waals surface area contributed by atoms with Gasteiger partial charge in [-0.1, -0.05) is 59.6 Å². The minimum absolute atomic E-state index is 0.175. The van der Waals surface area contributed by atoms with Crippen LogP contribution in [0.3, 0.4) is 0 Å². The van der Waals surface area contributed by atoms with Gasteiger partial charge in [-0.05, 0) is 73.0 Å². The number of hydrogen-bond donors (Lipinski definition) is 1. The first-order valence-electron chi connectivity index (χ1n) is 10.5. The summed E-state index contributed by atoms with van der Waals surface area (Å²) in [6, 6.07) is 0. The number of allylic oxidation sites excluding steroid dienone is 2. The second kappa shape index (κ2) is 5.86.